The Balaban J connectivity index is 0.00000242. The maximum atomic E-state index is 5.88. The van der Waals surface area contributed by atoms with Crippen LogP contribution in [0, 0.1) is 0 Å². The van der Waals surface area contributed by atoms with Gasteiger partial charge in [-0.3, -0.25) is 4.90 Å². The predicted octanol–water partition coefficient (Wildman–Crippen LogP) is 2.75. The van der Waals surface area contributed by atoms with Crippen molar-refractivity contribution in [3.05, 3.63) is 48.0 Å². The third kappa shape index (κ3) is 6.36. The first-order valence-electron chi connectivity index (χ1n) is 7.61. The molecule has 1 heterocycles. The fourth-order valence-electron chi connectivity index (χ4n) is 2.65. The summed E-state index contributed by atoms with van der Waals surface area (Å²) in [5.74, 6) is 0.518. The van der Waals surface area contributed by atoms with Gasteiger partial charge in [0.25, 0.3) is 0 Å². The lowest BCUT2D eigenvalue weighted by molar-refractivity contribution is 0.245. The molecule has 1 fully saturated rings. The molecule has 0 spiro atoms. The lowest BCUT2D eigenvalue weighted by atomic mass is 10.2. The van der Waals surface area contributed by atoms with Crippen molar-refractivity contribution >= 4 is 29.9 Å². The van der Waals surface area contributed by atoms with E-state index in [1.165, 1.54) is 18.4 Å². The van der Waals surface area contributed by atoms with E-state index in [1.54, 1.807) is 0 Å². The normalized spacial score (nSPS) is 18.8. The highest BCUT2D eigenvalue weighted by Crippen LogP contribution is 2.19. The molecule has 2 rings (SSSR count). The molecule has 0 aromatic heterocycles. The third-order valence-corrected chi connectivity index (χ3v) is 3.77. The van der Waals surface area contributed by atoms with Crippen molar-refractivity contribution in [1.82, 2.24) is 10.2 Å². The maximum absolute atomic E-state index is 5.88. The Labute approximate surface area is 150 Å². The van der Waals surface area contributed by atoms with Crippen LogP contribution < -0.4 is 11.1 Å². The van der Waals surface area contributed by atoms with Gasteiger partial charge < -0.3 is 11.1 Å². The van der Waals surface area contributed by atoms with E-state index in [0.717, 1.165) is 25.2 Å². The van der Waals surface area contributed by atoms with Crippen molar-refractivity contribution in [2.45, 2.75) is 32.4 Å². The van der Waals surface area contributed by atoms with Crippen LogP contribution in [-0.4, -0.2) is 36.5 Å². The second kappa shape index (κ2) is 9.84. The quantitative estimate of drug-likeness (QED) is 0.326. The fraction of sp³-hybridized carbons (Fsp3) is 0.471. The number of nitrogens with one attached hydrogen (secondary N) is 1. The molecule has 0 bridgehead atoms. The molecule has 5 heteroatoms. The topological polar surface area (TPSA) is 53.6 Å². The van der Waals surface area contributed by atoms with E-state index < -0.39 is 0 Å². The maximum Gasteiger partial charge on any atom is 0.188 e. The van der Waals surface area contributed by atoms with Crippen molar-refractivity contribution in [3.63, 3.8) is 0 Å². The molecule has 1 aromatic carbocycles. The van der Waals surface area contributed by atoms with E-state index >= 15 is 0 Å². The van der Waals surface area contributed by atoms with Crippen LogP contribution in [0.15, 0.2) is 47.5 Å². The number of likely N-dealkylation sites (tertiary alicyclic amines) is 1. The molecule has 0 aliphatic carbocycles. The first kappa shape index (κ1) is 19.0. The molecule has 22 heavy (non-hydrogen) atoms. The van der Waals surface area contributed by atoms with Gasteiger partial charge in [0.05, 0.1) is 6.54 Å². The minimum absolute atomic E-state index is 0. The van der Waals surface area contributed by atoms with Crippen LogP contribution in [0.1, 0.15) is 25.3 Å². The van der Waals surface area contributed by atoms with Crippen LogP contribution in [-0.2, 0) is 6.54 Å². The van der Waals surface area contributed by atoms with Gasteiger partial charge in [-0.05, 0) is 31.9 Å². The Morgan fingerprint density at radius 3 is 2.82 bits per heavy atom. The van der Waals surface area contributed by atoms with Gasteiger partial charge in [-0.2, -0.15) is 0 Å². The van der Waals surface area contributed by atoms with E-state index in [1.807, 2.05) is 6.92 Å². The van der Waals surface area contributed by atoms with Crippen LogP contribution in [0.5, 0.6) is 0 Å². The molecule has 1 saturated heterocycles. The van der Waals surface area contributed by atoms with E-state index in [0.29, 0.717) is 18.5 Å². The summed E-state index contributed by atoms with van der Waals surface area (Å²) in [6.07, 6.45) is 2.47. The molecule has 0 saturated carbocycles. The Hall–Kier alpha value is -1.08. The van der Waals surface area contributed by atoms with Crippen LogP contribution in [0.4, 0.5) is 0 Å². The number of nitrogens with zero attached hydrogens (tertiary/aromatic N) is 2. The zero-order valence-electron chi connectivity index (χ0n) is 13.3. The summed E-state index contributed by atoms with van der Waals surface area (Å²) in [6.45, 7) is 9.40. The van der Waals surface area contributed by atoms with Gasteiger partial charge in [-0.1, -0.05) is 42.5 Å². The molecule has 3 N–H and O–H groups in total. The number of hydrogen-bond acceptors (Lipinski definition) is 2. The highest BCUT2D eigenvalue weighted by Gasteiger charge is 2.24. The minimum Gasteiger partial charge on any atom is -0.370 e. The number of benzene rings is 1. The molecule has 0 amide bonds. The summed E-state index contributed by atoms with van der Waals surface area (Å²) in [5.41, 5.74) is 8.27. The van der Waals surface area contributed by atoms with Crippen LogP contribution >= 0.6 is 24.0 Å². The van der Waals surface area contributed by atoms with Crippen molar-refractivity contribution in [3.8, 4) is 0 Å². The number of rotatable bonds is 6. The van der Waals surface area contributed by atoms with Gasteiger partial charge in [-0.15, -0.1) is 24.0 Å². The van der Waals surface area contributed by atoms with Crippen molar-refractivity contribution in [2.24, 2.45) is 10.7 Å². The fourth-order valence-corrected chi connectivity index (χ4v) is 2.65. The number of aliphatic imine (C=N–C) groups is 1. The molecule has 122 valence electrons. The van der Waals surface area contributed by atoms with E-state index in [4.69, 9.17) is 5.73 Å². The summed E-state index contributed by atoms with van der Waals surface area (Å²) >= 11 is 0. The summed E-state index contributed by atoms with van der Waals surface area (Å²) in [4.78, 5) is 6.78. The van der Waals surface area contributed by atoms with Gasteiger partial charge in [0.1, 0.15) is 0 Å². The molecule has 1 unspecified atom stereocenters. The molecule has 1 aromatic rings. The van der Waals surface area contributed by atoms with E-state index in [-0.39, 0.29) is 24.0 Å². The van der Waals surface area contributed by atoms with Gasteiger partial charge in [0.2, 0.25) is 0 Å². The van der Waals surface area contributed by atoms with Crippen LogP contribution in [0.25, 0.3) is 0 Å². The zero-order chi connectivity index (χ0) is 15.1. The van der Waals surface area contributed by atoms with Crippen LogP contribution in [0.2, 0.25) is 0 Å². The Morgan fingerprint density at radius 2 is 2.14 bits per heavy atom. The van der Waals surface area contributed by atoms with Gasteiger partial charge in [0, 0.05) is 19.1 Å². The van der Waals surface area contributed by atoms with Gasteiger partial charge in [0.15, 0.2) is 5.96 Å². The molecule has 1 atom stereocenters. The first-order valence-corrected chi connectivity index (χ1v) is 7.61. The predicted molar refractivity (Wildman–Crippen MR) is 105 cm³/mol. The van der Waals surface area contributed by atoms with Gasteiger partial charge in [-0.25, -0.2) is 4.99 Å². The summed E-state index contributed by atoms with van der Waals surface area (Å²) in [7, 11) is 0. The van der Waals surface area contributed by atoms with E-state index in [2.05, 4.69) is 52.1 Å². The average molecular weight is 414 g/mol. The first-order chi connectivity index (χ1) is 10.1. The molecule has 0 radical (unpaired) electrons. The van der Waals surface area contributed by atoms with Crippen molar-refractivity contribution < 1.29 is 0 Å². The lowest BCUT2D eigenvalue weighted by Gasteiger charge is -2.25. The lowest BCUT2D eigenvalue weighted by Crippen LogP contribution is -2.42. The standard InChI is InChI=1S/C17H26N4.HI/c1-14(2)11-19-17(18)20-12-16-9-6-10-21(16)13-15-7-4-3-5-8-15;/h3-5,7-8,16H,1,6,9-13H2,2H3,(H3,18,19,20);1H. The third-order valence-electron chi connectivity index (χ3n) is 3.77. The average Bonchev–Trinajstić information content (AvgIpc) is 2.91. The SMILES string of the molecule is C=C(C)CN=C(N)NCC1CCCN1Cc1ccccc1.I. The second-order valence-corrected chi connectivity index (χ2v) is 5.79. The monoisotopic (exact) mass is 414 g/mol. The van der Waals surface area contributed by atoms with Gasteiger partial charge >= 0.3 is 0 Å². The highest BCUT2D eigenvalue weighted by atomic mass is 127. The Bertz CT molecular complexity index is 487. The van der Waals surface area contributed by atoms with Crippen LogP contribution in [0.3, 0.4) is 0 Å². The summed E-state index contributed by atoms with van der Waals surface area (Å²) < 4.78 is 0. The van der Waals surface area contributed by atoms with Crippen molar-refractivity contribution in [1.29, 1.82) is 0 Å². The molecule has 1 aliphatic rings. The summed E-state index contributed by atoms with van der Waals surface area (Å²) in [6, 6.07) is 11.2. The Kier molecular flexibility index (Phi) is 8.48. The van der Waals surface area contributed by atoms with Crippen molar-refractivity contribution in [2.75, 3.05) is 19.6 Å². The number of hydrogen-bond donors (Lipinski definition) is 2. The smallest absolute Gasteiger partial charge is 0.188 e. The largest absolute Gasteiger partial charge is 0.370 e. The number of nitrogens with two attached hydrogens (primary N) is 1. The highest BCUT2D eigenvalue weighted by molar-refractivity contribution is 14.0. The number of guanidine groups is 1. The Morgan fingerprint density at radius 1 is 1.41 bits per heavy atom. The molecular formula is C17H27IN4. The molecular weight excluding hydrogens is 387 g/mol. The minimum atomic E-state index is 0. The molecule has 1 aliphatic heterocycles. The summed E-state index contributed by atoms with van der Waals surface area (Å²) in [5, 5.41) is 3.24. The number of halogens is 1. The van der Waals surface area contributed by atoms with E-state index in [9.17, 15) is 0 Å². The zero-order valence-corrected chi connectivity index (χ0v) is 15.6. The molecule has 4 nitrogen and oxygen atoms in total. The second-order valence-electron chi connectivity index (χ2n) is 5.79.